The first-order chi connectivity index (χ1) is 7.51. The number of amides is 1. The Kier molecular flexibility index (Phi) is 7.60. The number of methoxy groups -OCH3 is 1. The minimum absolute atomic E-state index is 0.0714. The third kappa shape index (κ3) is 6.43. The quantitative estimate of drug-likeness (QED) is 0.676. The van der Waals surface area contributed by atoms with Gasteiger partial charge in [-0.05, 0) is 18.8 Å². The van der Waals surface area contributed by atoms with Crippen LogP contribution in [0, 0.1) is 11.8 Å². The molecule has 16 heavy (non-hydrogen) atoms. The van der Waals surface area contributed by atoms with Gasteiger partial charge in [0.25, 0.3) is 0 Å². The van der Waals surface area contributed by atoms with Gasteiger partial charge in [-0.3, -0.25) is 9.59 Å². The fourth-order valence-corrected chi connectivity index (χ4v) is 1.56. The van der Waals surface area contributed by atoms with Gasteiger partial charge in [-0.2, -0.15) is 0 Å². The van der Waals surface area contributed by atoms with E-state index in [9.17, 15) is 9.59 Å². The molecule has 0 aliphatic carbocycles. The number of carbonyl (C=O) groups is 2. The Morgan fingerprint density at radius 2 is 1.94 bits per heavy atom. The van der Waals surface area contributed by atoms with Gasteiger partial charge in [-0.25, -0.2) is 0 Å². The predicted molar refractivity (Wildman–Crippen MR) is 62.9 cm³/mol. The summed E-state index contributed by atoms with van der Waals surface area (Å²) < 4.78 is 4.70. The maximum atomic E-state index is 11.5. The third-order valence-electron chi connectivity index (χ3n) is 2.29. The zero-order chi connectivity index (χ0) is 12.6. The summed E-state index contributed by atoms with van der Waals surface area (Å²) in [6.07, 6.45) is 1.82. The van der Waals surface area contributed by atoms with Crippen LogP contribution >= 0.6 is 0 Å². The van der Waals surface area contributed by atoms with Gasteiger partial charge in [0.15, 0.2) is 0 Å². The van der Waals surface area contributed by atoms with Crippen molar-refractivity contribution in [2.75, 3.05) is 13.7 Å². The first-order valence-corrected chi connectivity index (χ1v) is 5.85. The molecule has 0 saturated carbocycles. The molecule has 0 heterocycles. The van der Waals surface area contributed by atoms with E-state index in [1.54, 1.807) is 0 Å². The van der Waals surface area contributed by atoms with Crippen molar-refractivity contribution >= 4 is 11.9 Å². The number of nitrogens with one attached hydrogen (secondary N) is 1. The topological polar surface area (TPSA) is 55.4 Å². The maximum Gasteiger partial charge on any atom is 0.309 e. The Morgan fingerprint density at radius 3 is 2.38 bits per heavy atom. The molecule has 0 saturated heterocycles. The summed E-state index contributed by atoms with van der Waals surface area (Å²) in [5.41, 5.74) is 0. The molecule has 0 rings (SSSR count). The second-order valence-corrected chi connectivity index (χ2v) is 4.40. The molecule has 0 aliphatic heterocycles. The van der Waals surface area contributed by atoms with Crippen LogP contribution in [0.1, 0.15) is 40.0 Å². The fraction of sp³-hybridized carbons (Fsp3) is 0.833. The monoisotopic (exact) mass is 229 g/mol. The average molecular weight is 229 g/mol. The number of carbonyl (C=O) groups excluding carboxylic acids is 2. The van der Waals surface area contributed by atoms with E-state index in [1.807, 2.05) is 20.8 Å². The first kappa shape index (κ1) is 14.9. The Balaban J connectivity index is 4.19. The second kappa shape index (κ2) is 8.13. The van der Waals surface area contributed by atoms with Crippen molar-refractivity contribution in [3.05, 3.63) is 0 Å². The van der Waals surface area contributed by atoms with E-state index < -0.39 is 0 Å². The molecule has 0 radical (unpaired) electrons. The first-order valence-electron chi connectivity index (χ1n) is 5.85. The standard InChI is InChI=1S/C12H23NO3/c1-5-6-13-11(14)8-10(7-9(2)3)12(15)16-4/h9-10H,5-8H2,1-4H3,(H,13,14)/t10-/m1/s1. The van der Waals surface area contributed by atoms with E-state index in [2.05, 4.69) is 5.32 Å². The van der Waals surface area contributed by atoms with E-state index in [4.69, 9.17) is 4.74 Å². The molecule has 0 fully saturated rings. The number of ether oxygens (including phenoxy) is 1. The summed E-state index contributed by atoms with van der Waals surface area (Å²) in [5, 5.41) is 2.77. The summed E-state index contributed by atoms with van der Waals surface area (Å²) in [5.74, 6) is -0.303. The summed E-state index contributed by atoms with van der Waals surface area (Å²) in [4.78, 5) is 22.9. The van der Waals surface area contributed by atoms with E-state index in [1.165, 1.54) is 7.11 Å². The lowest BCUT2D eigenvalue weighted by Gasteiger charge is -2.16. The lowest BCUT2D eigenvalue weighted by molar-refractivity contribution is -0.148. The van der Waals surface area contributed by atoms with Crippen molar-refractivity contribution in [1.82, 2.24) is 5.32 Å². The van der Waals surface area contributed by atoms with Crippen molar-refractivity contribution < 1.29 is 14.3 Å². The van der Waals surface area contributed by atoms with Crippen LogP contribution in [-0.2, 0) is 14.3 Å². The minimum atomic E-state index is -0.318. The zero-order valence-electron chi connectivity index (χ0n) is 10.7. The van der Waals surface area contributed by atoms with Crippen LogP contribution in [0.5, 0.6) is 0 Å². The van der Waals surface area contributed by atoms with Gasteiger partial charge in [-0.15, -0.1) is 0 Å². The van der Waals surface area contributed by atoms with Gasteiger partial charge >= 0.3 is 5.97 Å². The average Bonchev–Trinajstić information content (AvgIpc) is 2.23. The summed E-state index contributed by atoms with van der Waals surface area (Å²) >= 11 is 0. The Hall–Kier alpha value is -1.06. The highest BCUT2D eigenvalue weighted by atomic mass is 16.5. The van der Waals surface area contributed by atoms with E-state index in [-0.39, 0.29) is 24.2 Å². The summed E-state index contributed by atoms with van der Waals surface area (Å²) in [6.45, 7) is 6.71. The molecule has 4 heteroatoms. The molecular weight excluding hydrogens is 206 g/mol. The van der Waals surface area contributed by atoms with Gasteiger partial charge in [0, 0.05) is 13.0 Å². The molecule has 1 atom stereocenters. The Morgan fingerprint density at radius 1 is 1.31 bits per heavy atom. The summed E-state index contributed by atoms with van der Waals surface area (Å²) in [7, 11) is 1.36. The molecule has 0 aromatic heterocycles. The molecular formula is C12H23NO3. The molecule has 1 N–H and O–H groups in total. The van der Waals surface area contributed by atoms with Gasteiger partial charge in [0.1, 0.15) is 0 Å². The van der Waals surface area contributed by atoms with Crippen molar-refractivity contribution in [2.24, 2.45) is 11.8 Å². The second-order valence-electron chi connectivity index (χ2n) is 4.40. The van der Waals surface area contributed by atoms with Crippen molar-refractivity contribution in [3.8, 4) is 0 Å². The van der Waals surface area contributed by atoms with Crippen LogP contribution in [0.4, 0.5) is 0 Å². The SMILES string of the molecule is CCCNC(=O)C[C@@H](CC(C)C)C(=O)OC. The number of hydrogen-bond donors (Lipinski definition) is 1. The van der Waals surface area contributed by atoms with Crippen LogP contribution in [-0.4, -0.2) is 25.5 Å². The highest BCUT2D eigenvalue weighted by Gasteiger charge is 2.23. The third-order valence-corrected chi connectivity index (χ3v) is 2.29. The van der Waals surface area contributed by atoms with Crippen LogP contribution in [0.3, 0.4) is 0 Å². The Bertz CT molecular complexity index is 226. The van der Waals surface area contributed by atoms with E-state index in [0.717, 1.165) is 6.42 Å². The molecule has 0 unspecified atom stereocenters. The van der Waals surface area contributed by atoms with Crippen molar-refractivity contribution in [3.63, 3.8) is 0 Å². The number of esters is 1. The van der Waals surface area contributed by atoms with E-state index in [0.29, 0.717) is 18.9 Å². The van der Waals surface area contributed by atoms with Crippen molar-refractivity contribution in [2.45, 2.75) is 40.0 Å². The van der Waals surface area contributed by atoms with Crippen molar-refractivity contribution in [1.29, 1.82) is 0 Å². The number of rotatable bonds is 7. The van der Waals surface area contributed by atoms with Crippen LogP contribution < -0.4 is 5.32 Å². The molecule has 94 valence electrons. The zero-order valence-corrected chi connectivity index (χ0v) is 10.7. The highest BCUT2D eigenvalue weighted by Crippen LogP contribution is 2.16. The van der Waals surface area contributed by atoms with Crippen LogP contribution in [0.2, 0.25) is 0 Å². The van der Waals surface area contributed by atoms with Gasteiger partial charge in [0.05, 0.1) is 13.0 Å². The van der Waals surface area contributed by atoms with Crippen LogP contribution in [0.15, 0.2) is 0 Å². The molecule has 0 aromatic rings. The summed E-state index contributed by atoms with van der Waals surface area (Å²) in [6, 6.07) is 0. The normalized spacial score (nSPS) is 12.3. The highest BCUT2D eigenvalue weighted by molar-refractivity contribution is 5.82. The van der Waals surface area contributed by atoms with E-state index >= 15 is 0 Å². The lowest BCUT2D eigenvalue weighted by atomic mass is 9.94. The smallest absolute Gasteiger partial charge is 0.309 e. The molecule has 0 aromatic carbocycles. The molecule has 4 nitrogen and oxygen atoms in total. The molecule has 1 amide bonds. The van der Waals surface area contributed by atoms with Gasteiger partial charge < -0.3 is 10.1 Å². The fourth-order valence-electron chi connectivity index (χ4n) is 1.56. The number of hydrogen-bond acceptors (Lipinski definition) is 3. The predicted octanol–water partition coefficient (Wildman–Crippen LogP) is 1.74. The molecule has 0 spiro atoms. The lowest BCUT2D eigenvalue weighted by Crippen LogP contribution is -2.30. The molecule has 0 aliphatic rings. The van der Waals surface area contributed by atoms with Crippen LogP contribution in [0.25, 0.3) is 0 Å². The van der Waals surface area contributed by atoms with Gasteiger partial charge in [0.2, 0.25) is 5.91 Å². The largest absolute Gasteiger partial charge is 0.469 e. The molecule has 0 bridgehead atoms. The van der Waals surface area contributed by atoms with Gasteiger partial charge in [-0.1, -0.05) is 20.8 Å². The minimum Gasteiger partial charge on any atom is -0.469 e. The maximum absolute atomic E-state index is 11.5. The Labute approximate surface area is 97.7 Å².